The highest BCUT2D eigenvalue weighted by molar-refractivity contribution is 5.92. The summed E-state index contributed by atoms with van der Waals surface area (Å²) >= 11 is 0. The zero-order chi connectivity index (χ0) is 15.9. The van der Waals surface area contributed by atoms with Crippen molar-refractivity contribution in [3.63, 3.8) is 0 Å². The van der Waals surface area contributed by atoms with Gasteiger partial charge in [-0.15, -0.1) is 0 Å². The van der Waals surface area contributed by atoms with Gasteiger partial charge in [0.2, 0.25) is 0 Å². The first-order chi connectivity index (χ1) is 10.6. The summed E-state index contributed by atoms with van der Waals surface area (Å²) in [6.07, 6.45) is -0.877. The number of hydrogen-bond acceptors (Lipinski definition) is 3. The molecule has 108 valence electrons. The Morgan fingerprint density at radius 1 is 1.05 bits per heavy atom. The zero-order valence-corrected chi connectivity index (χ0v) is 11.2. The number of para-hydroxylation sites is 1. The first kappa shape index (κ1) is 13.2. The van der Waals surface area contributed by atoms with Crippen LogP contribution in [0, 0.1) is 0 Å². The number of carbonyl (C=O) groups excluding carboxylic acids is 1. The molecule has 0 aliphatic carbocycles. The molecule has 0 saturated heterocycles. The van der Waals surface area contributed by atoms with E-state index in [2.05, 4.69) is 0 Å². The third kappa shape index (κ3) is 4.35. The number of rotatable bonds is 5. The highest BCUT2D eigenvalue weighted by atomic mass is 16.6. The fraction of sp³-hybridized carbons (Fsp3) is 0.125. The fourth-order valence-electron chi connectivity index (χ4n) is 1.72. The molecule has 0 aliphatic heterocycles. The van der Waals surface area contributed by atoms with Gasteiger partial charge in [-0.25, -0.2) is 4.79 Å². The molecule has 1 N–H and O–H groups in total. The second-order valence-electron chi connectivity index (χ2n) is 4.23. The molecular weight excluding hydrogens is 270 g/mol. The second-order valence-corrected chi connectivity index (χ2v) is 4.23. The van der Waals surface area contributed by atoms with Crippen LogP contribution < -0.4 is 4.90 Å². The van der Waals surface area contributed by atoms with Crippen LogP contribution in [-0.2, 0) is 16.1 Å². The first-order valence-electron chi connectivity index (χ1n) is 6.88. The standard InChI is InChI=1S/C16H15NO4/c18-15(19)11-17(14-9-5-2-6-10-14)16(20)21-12-13-7-3-1-4-8-13/h1-10H,11-12H2,(H,18,19)/i12D. The lowest BCUT2D eigenvalue weighted by Crippen LogP contribution is -2.36. The molecule has 0 fully saturated rings. The zero-order valence-electron chi connectivity index (χ0n) is 12.2. The van der Waals surface area contributed by atoms with Gasteiger partial charge in [0, 0.05) is 5.69 Å². The summed E-state index contributed by atoms with van der Waals surface area (Å²) in [6, 6.07) is 16.9. The third-order valence-electron chi connectivity index (χ3n) is 2.68. The summed E-state index contributed by atoms with van der Waals surface area (Å²) in [5, 5.41) is 8.95. The second kappa shape index (κ2) is 7.09. The largest absolute Gasteiger partial charge is 0.480 e. The summed E-state index contributed by atoms with van der Waals surface area (Å²) in [4.78, 5) is 24.1. The van der Waals surface area contributed by atoms with Crippen LogP contribution in [0.4, 0.5) is 10.5 Å². The molecule has 2 rings (SSSR count). The van der Waals surface area contributed by atoms with Crippen molar-refractivity contribution in [1.29, 1.82) is 0 Å². The lowest BCUT2D eigenvalue weighted by molar-refractivity contribution is -0.135. The highest BCUT2D eigenvalue weighted by Crippen LogP contribution is 2.15. The van der Waals surface area contributed by atoms with Crippen molar-refractivity contribution in [3.05, 3.63) is 66.2 Å². The minimum Gasteiger partial charge on any atom is -0.480 e. The molecule has 1 amide bonds. The molecule has 0 aromatic heterocycles. The highest BCUT2D eigenvalue weighted by Gasteiger charge is 2.20. The molecule has 0 radical (unpaired) electrons. The summed E-state index contributed by atoms with van der Waals surface area (Å²) in [7, 11) is 0. The first-order valence-corrected chi connectivity index (χ1v) is 6.30. The Balaban J connectivity index is 2.14. The van der Waals surface area contributed by atoms with Crippen molar-refractivity contribution in [2.24, 2.45) is 0 Å². The van der Waals surface area contributed by atoms with Crippen molar-refractivity contribution in [2.75, 3.05) is 11.4 Å². The Morgan fingerprint density at radius 3 is 2.19 bits per heavy atom. The number of anilines is 1. The van der Waals surface area contributed by atoms with Crippen molar-refractivity contribution < 1.29 is 20.8 Å². The van der Waals surface area contributed by atoms with Crippen LogP contribution >= 0.6 is 0 Å². The maximum Gasteiger partial charge on any atom is 0.415 e. The van der Waals surface area contributed by atoms with E-state index in [0.717, 1.165) is 4.90 Å². The molecule has 2 aromatic carbocycles. The molecule has 0 saturated carbocycles. The molecule has 2 aromatic rings. The van der Waals surface area contributed by atoms with Gasteiger partial charge in [0.15, 0.2) is 0 Å². The summed E-state index contributed by atoms with van der Waals surface area (Å²) in [5.74, 6) is -1.16. The van der Waals surface area contributed by atoms with E-state index in [-0.39, 0.29) is 0 Å². The van der Waals surface area contributed by atoms with Gasteiger partial charge >= 0.3 is 12.1 Å². The molecule has 5 nitrogen and oxygen atoms in total. The Bertz CT molecular complexity index is 633. The van der Waals surface area contributed by atoms with Crippen LogP contribution in [0.25, 0.3) is 0 Å². The Kier molecular flexibility index (Phi) is 4.45. The topological polar surface area (TPSA) is 66.8 Å². The SMILES string of the molecule is [2H]C(OC(=O)N(CC(=O)O)c1ccccc1)c1ccccc1. The number of nitrogens with zero attached hydrogens (tertiary/aromatic N) is 1. The minimum atomic E-state index is -1.21. The molecule has 0 aliphatic rings. The van der Waals surface area contributed by atoms with E-state index < -0.39 is 25.2 Å². The van der Waals surface area contributed by atoms with Crippen molar-refractivity contribution in [3.8, 4) is 0 Å². The number of benzene rings is 2. The van der Waals surface area contributed by atoms with E-state index in [4.69, 9.17) is 11.2 Å². The summed E-state index contributed by atoms with van der Waals surface area (Å²) in [6.45, 7) is -1.75. The number of aliphatic carboxylic acids is 1. The van der Waals surface area contributed by atoms with Gasteiger partial charge in [0.05, 0.1) is 1.37 Å². The van der Waals surface area contributed by atoms with Gasteiger partial charge in [-0.2, -0.15) is 0 Å². The van der Waals surface area contributed by atoms with Crippen molar-refractivity contribution in [2.45, 2.75) is 6.58 Å². The number of carboxylic acid groups (broad SMARTS) is 1. The van der Waals surface area contributed by atoms with Crippen molar-refractivity contribution in [1.82, 2.24) is 0 Å². The quantitative estimate of drug-likeness (QED) is 0.917. The average Bonchev–Trinajstić information content (AvgIpc) is 2.54. The summed E-state index contributed by atoms with van der Waals surface area (Å²) < 4.78 is 12.9. The molecule has 1 atom stereocenters. The van der Waals surface area contributed by atoms with Gasteiger partial charge in [-0.05, 0) is 17.7 Å². The van der Waals surface area contributed by atoms with E-state index in [0.29, 0.717) is 11.3 Å². The number of carboxylic acids is 1. The van der Waals surface area contributed by atoms with Crippen LogP contribution in [0.2, 0.25) is 0 Å². The van der Waals surface area contributed by atoms with E-state index in [9.17, 15) is 9.59 Å². The Morgan fingerprint density at radius 2 is 1.62 bits per heavy atom. The van der Waals surface area contributed by atoms with Gasteiger partial charge in [0.25, 0.3) is 0 Å². The number of carbonyl (C=O) groups is 2. The molecule has 0 bridgehead atoms. The van der Waals surface area contributed by atoms with E-state index in [1.54, 1.807) is 60.7 Å². The maximum absolute atomic E-state index is 12.2. The maximum atomic E-state index is 12.2. The van der Waals surface area contributed by atoms with Crippen LogP contribution in [0.1, 0.15) is 6.93 Å². The molecular formula is C16H15NO4. The predicted molar refractivity (Wildman–Crippen MR) is 78.1 cm³/mol. The Labute approximate surface area is 123 Å². The predicted octanol–water partition coefficient (Wildman–Crippen LogP) is 2.91. The van der Waals surface area contributed by atoms with Crippen molar-refractivity contribution >= 4 is 17.7 Å². The Hall–Kier alpha value is -2.82. The average molecular weight is 286 g/mol. The van der Waals surface area contributed by atoms with Gasteiger partial charge in [-0.1, -0.05) is 48.5 Å². The van der Waals surface area contributed by atoms with E-state index in [1.165, 1.54) is 0 Å². The molecule has 5 heteroatoms. The van der Waals surface area contributed by atoms with Crippen LogP contribution in [0.3, 0.4) is 0 Å². The monoisotopic (exact) mass is 286 g/mol. The number of amides is 1. The van der Waals surface area contributed by atoms with Gasteiger partial charge in [0.1, 0.15) is 13.1 Å². The van der Waals surface area contributed by atoms with Crippen LogP contribution in [0.15, 0.2) is 60.7 Å². The molecule has 21 heavy (non-hydrogen) atoms. The normalized spacial score (nSPS) is 12.1. The molecule has 0 heterocycles. The number of hydrogen-bond donors (Lipinski definition) is 1. The lowest BCUT2D eigenvalue weighted by atomic mass is 10.2. The van der Waals surface area contributed by atoms with E-state index >= 15 is 0 Å². The van der Waals surface area contributed by atoms with Crippen LogP contribution in [0.5, 0.6) is 0 Å². The third-order valence-corrected chi connectivity index (χ3v) is 2.68. The van der Waals surface area contributed by atoms with Crippen LogP contribution in [-0.4, -0.2) is 23.7 Å². The van der Waals surface area contributed by atoms with Gasteiger partial charge < -0.3 is 9.84 Å². The molecule has 0 spiro atoms. The smallest absolute Gasteiger partial charge is 0.415 e. The summed E-state index contributed by atoms with van der Waals surface area (Å²) in [5.41, 5.74) is 0.911. The number of ether oxygens (including phenoxy) is 1. The fourth-order valence-corrected chi connectivity index (χ4v) is 1.72. The minimum absolute atomic E-state index is 0.398. The van der Waals surface area contributed by atoms with E-state index in [1.807, 2.05) is 0 Å². The molecule has 1 unspecified atom stereocenters. The van der Waals surface area contributed by atoms with Gasteiger partial charge in [-0.3, -0.25) is 9.69 Å². The lowest BCUT2D eigenvalue weighted by Gasteiger charge is -2.20.